The molecule has 0 radical (unpaired) electrons. The van der Waals surface area contributed by atoms with Crippen LogP contribution in [-0.4, -0.2) is 29.4 Å². The number of benzene rings is 1. The van der Waals surface area contributed by atoms with Gasteiger partial charge in [-0.2, -0.15) is 0 Å². The van der Waals surface area contributed by atoms with Crippen LogP contribution in [0.2, 0.25) is 5.15 Å². The largest absolute Gasteiger partial charge is 0.315 e. The molecule has 0 fully saturated rings. The van der Waals surface area contributed by atoms with Gasteiger partial charge >= 0.3 is 0 Å². The van der Waals surface area contributed by atoms with Gasteiger partial charge in [-0.25, -0.2) is 15.0 Å². The van der Waals surface area contributed by atoms with Gasteiger partial charge in [0.05, 0.1) is 22.2 Å². The molecule has 1 aromatic carbocycles. The smallest absolute Gasteiger partial charge is 0.279 e. The number of hydrogen-bond acceptors (Lipinski definition) is 7. The Balaban J connectivity index is 1.89. The van der Waals surface area contributed by atoms with Crippen LogP contribution in [0.25, 0.3) is 11.2 Å². The molecule has 10 nitrogen and oxygen atoms in total. The summed E-state index contributed by atoms with van der Waals surface area (Å²) in [7, 11) is 0. The first-order valence-corrected chi connectivity index (χ1v) is 7.08. The number of rotatable bonds is 5. The van der Waals surface area contributed by atoms with Gasteiger partial charge in [0.2, 0.25) is 0 Å². The van der Waals surface area contributed by atoms with Gasteiger partial charge in [0, 0.05) is 18.2 Å². The fourth-order valence-corrected chi connectivity index (χ4v) is 2.48. The zero-order valence-corrected chi connectivity index (χ0v) is 12.8. The Labute approximate surface area is 139 Å². The average molecular weight is 349 g/mol. The summed E-state index contributed by atoms with van der Waals surface area (Å²) in [5.74, 6) is 0. The normalized spacial score (nSPS) is 10.9. The maximum absolute atomic E-state index is 11.1. The third kappa shape index (κ3) is 2.86. The zero-order valence-electron chi connectivity index (χ0n) is 12.0. The van der Waals surface area contributed by atoms with Crippen molar-refractivity contribution in [2.45, 2.75) is 13.0 Å². The number of non-ortho nitro benzene ring substituents is 1. The summed E-state index contributed by atoms with van der Waals surface area (Å²) in [5, 5.41) is 22.1. The number of nitrogens with zero attached hydrogens (tertiary/aromatic N) is 6. The summed E-state index contributed by atoms with van der Waals surface area (Å²) < 4.78 is 1.69. The highest BCUT2D eigenvalue weighted by Crippen LogP contribution is 2.26. The van der Waals surface area contributed by atoms with Crippen molar-refractivity contribution in [3.05, 3.63) is 61.8 Å². The number of fused-ring (bicyclic) bond motifs is 1. The van der Waals surface area contributed by atoms with E-state index in [0.717, 1.165) is 6.07 Å². The molecule has 2 aromatic heterocycles. The Morgan fingerprint density at radius 1 is 1.12 bits per heavy atom. The van der Waals surface area contributed by atoms with Gasteiger partial charge in [-0.1, -0.05) is 11.6 Å². The van der Waals surface area contributed by atoms with E-state index in [1.165, 1.54) is 24.8 Å². The number of hydrogen-bond donors (Lipinski definition) is 0. The zero-order chi connectivity index (χ0) is 17.3. The number of nitro groups is 2. The van der Waals surface area contributed by atoms with Gasteiger partial charge in [0.1, 0.15) is 11.8 Å². The molecule has 0 amide bonds. The highest BCUT2D eigenvalue weighted by Gasteiger charge is 2.19. The minimum absolute atomic E-state index is 0.222. The van der Waals surface area contributed by atoms with E-state index in [-0.39, 0.29) is 22.9 Å². The van der Waals surface area contributed by atoms with Crippen molar-refractivity contribution < 1.29 is 9.85 Å². The van der Waals surface area contributed by atoms with E-state index in [4.69, 9.17) is 11.6 Å². The molecule has 0 aliphatic rings. The van der Waals surface area contributed by atoms with E-state index < -0.39 is 9.85 Å². The molecular weight excluding hydrogens is 340 g/mol. The molecule has 11 heteroatoms. The van der Waals surface area contributed by atoms with Crippen LogP contribution < -0.4 is 0 Å². The molecule has 0 saturated carbocycles. The number of imidazole rings is 1. The second kappa shape index (κ2) is 6.16. The maximum atomic E-state index is 11.1. The molecule has 2 heterocycles. The number of nitro benzene ring substituents is 2. The fourth-order valence-electron chi connectivity index (χ4n) is 2.30. The summed E-state index contributed by atoms with van der Waals surface area (Å²) in [6, 6.07) is 3.59. The molecule has 0 aliphatic heterocycles. The molecule has 0 unspecified atom stereocenters. The fraction of sp³-hybridized carbons (Fsp3) is 0.154. The number of aryl methyl sites for hydroxylation is 2. The van der Waals surface area contributed by atoms with E-state index in [0.29, 0.717) is 23.3 Å². The Bertz CT molecular complexity index is 957. The first kappa shape index (κ1) is 15.7. The molecule has 0 N–H and O–H groups in total. The second-order valence-electron chi connectivity index (χ2n) is 4.85. The predicted molar refractivity (Wildman–Crippen MR) is 83.8 cm³/mol. The van der Waals surface area contributed by atoms with E-state index in [1.807, 2.05) is 0 Å². The van der Waals surface area contributed by atoms with E-state index >= 15 is 0 Å². The molecule has 24 heavy (non-hydrogen) atoms. The van der Waals surface area contributed by atoms with Crippen LogP contribution in [0.3, 0.4) is 0 Å². The lowest BCUT2D eigenvalue weighted by Gasteiger charge is -2.05. The van der Waals surface area contributed by atoms with Crippen LogP contribution in [0.4, 0.5) is 11.4 Å². The van der Waals surface area contributed by atoms with Crippen LogP contribution >= 0.6 is 11.6 Å². The molecule has 0 bridgehead atoms. The standard InChI is InChI=1S/C13H9ClN6O4/c14-12-11-13(16-6-15-12)18(7-17-11)4-3-8-1-2-9(19(21)22)5-10(8)20(23)24/h1-2,5-7H,3-4H2. The van der Waals surface area contributed by atoms with Crippen molar-refractivity contribution in [2.24, 2.45) is 0 Å². The Kier molecular flexibility index (Phi) is 4.04. The van der Waals surface area contributed by atoms with Crippen molar-refractivity contribution in [1.29, 1.82) is 0 Å². The minimum atomic E-state index is -0.668. The minimum Gasteiger partial charge on any atom is -0.315 e. The highest BCUT2D eigenvalue weighted by atomic mass is 35.5. The Morgan fingerprint density at radius 2 is 1.92 bits per heavy atom. The summed E-state index contributed by atoms with van der Waals surface area (Å²) >= 11 is 5.92. The Hall–Kier alpha value is -3.14. The number of aromatic nitrogens is 4. The molecule has 3 aromatic rings. The molecule has 0 saturated heterocycles. The van der Waals surface area contributed by atoms with Crippen LogP contribution in [0.1, 0.15) is 5.56 Å². The first-order chi connectivity index (χ1) is 11.5. The molecule has 122 valence electrons. The van der Waals surface area contributed by atoms with Crippen LogP contribution in [-0.2, 0) is 13.0 Å². The topological polar surface area (TPSA) is 130 Å². The summed E-state index contributed by atoms with van der Waals surface area (Å²) in [6.45, 7) is 0.350. The molecule has 0 spiro atoms. The first-order valence-electron chi connectivity index (χ1n) is 6.70. The summed E-state index contributed by atoms with van der Waals surface area (Å²) in [5.41, 5.74) is 0.726. The SMILES string of the molecule is O=[N+]([O-])c1ccc(CCn2cnc3c(Cl)ncnc32)c([N+](=O)[O-])c1. The Morgan fingerprint density at radius 3 is 2.62 bits per heavy atom. The lowest BCUT2D eigenvalue weighted by atomic mass is 10.1. The molecular formula is C13H9ClN6O4. The average Bonchev–Trinajstić information content (AvgIpc) is 2.97. The van der Waals surface area contributed by atoms with Crippen molar-refractivity contribution in [2.75, 3.05) is 0 Å². The predicted octanol–water partition coefficient (Wildman–Crippen LogP) is 2.54. The van der Waals surface area contributed by atoms with Crippen LogP contribution in [0.15, 0.2) is 30.9 Å². The third-order valence-electron chi connectivity index (χ3n) is 3.46. The molecule has 0 aliphatic carbocycles. The van der Waals surface area contributed by atoms with E-state index in [1.54, 1.807) is 4.57 Å². The van der Waals surface area contributed by atoms with Gasteiger partial charge < -0.3 is 4.57 Å². The van der Waals surface area contributed by atoms with Gasteiger partial charge in [-0.05, 0) is 12.5 Å². The maximum Gasteiger partial charge on any atom is 0.279 e. The third-order valence-corrected chi connectivity index (χ3v) is 3.73. The van der Waals surface area contributed by atoms with E-state index in [9.17, 15) is 20.2 Å². The molecule has 0 atom stereocenters. The van der Waals surface area contributed by atoms with Gasteiger partial charge in [-0.15, -0.1) is 0 Å². The van der Waals surface area contributed by atoms with Crippen molar-refractivity contribution in [3.63, 3.8) is 0 Å². The van der Waals surface area contributed by atoms with Gasteiger partial charge in [0.15, 0.2) is 10.8 Å². The van der Waals surface area contributed by atoms with Gasteiger partial charge in [-0.3, -0.25) is 20.2 Å². The van der Waals surface area contributed by atoms with Crippen LogP contribution in [0, 0.1) is 20.2 Å². The summed E-state index contributed by atoms with van der Waals surface area (Å²) in [4.78, 5) is 32.6. The lowest BCUT2D eigenvalue weighted by Crippen LogP contribution is -2.04. The second-order valence-corrected chi connectivity index (χ2v) is 5.21. The highest BCUT2D eigenvalue weighted by molar-refractivity contribution is 6.33. The lowest BCUT2D eigenvalue weighted by molar-refractivity contribution is -0.394. The van der Waals surface area contributed by atoms with Crippen LogP contribution in [0.5, 0.6) is 0 Å². The van der Waals surface area contributed by atoms with Gasteiger partial charge in [0.25, 0.3) is 11.4 Å². The quantitative estimate of drug-likeness (QED) is 0.393. The van der Waals surface area contributed by atoms with Crippen molar-refractivity contribution in [3.8, 4) is 0 Å². The van der Waals surface area contributed by atoms with E-state index in [2.05, 4.69) is 15.0 Å². The number of halogens is 1. The van der Waals surface area contributed by atoms with Crippen molar-refractivity contribution in [1.82, 2.24) is 19.5 Å². The molecule has 3 rings (SSSR count). The van der Waals surface area contributed by atoms with Crippen molar-refractivity contribution >= 4 is 34.1 Å². The monoisotopic (exact) mass is 348 g/mol. The summed E-state index contributed by atoms with van der Waals surface area (Å²) in [6.07, 6.45) is 3.10.